The molecule has 3 rings (SSSR count). The molecule has 0 aliphatic rings. The second-order valence-electron chi connectivity index (χ2n) is 6.59. The van der Waals surface area contributed by atoms with Crippen LogP contribution in [0.5, 0.6) is 0 Å². The minimum Gasteiger partial charge on any atom is -0.454 e. The molecule has 3 aromatic carbocycles. The van der Waals surface area contributed by atoms with Crippen molar-refractivity contribution in [2.24, 2.45) is 0 Å². The van der Waals surface area contributed by atoms with Crippen LogP contribution in [0.4, 0.5) is 0 Å². The largest absolute Gasteiger partial charge is 0.454 e. The Morgan fingerprint density at radius 2 is 0.938 bits per heavy atom. The van der Waals surface area contributed by atoms with Gasteiger partial charge in [0.15, 0.2) is 24.8 Å². The lowest BCUT2D eigenvalue weighted by Crippen LogP contribution is -2.16. The number of esters is 2. The number of ketones is 2. The van der Waals surface area contributed by atoms with E-state index >= 15 is 0 Å². The molecule has 0 radical (unpaired) electrons. The van der Waals surface area contributed by atoms with E-state index in [1.54, 1.807) is 24.3 Å². The zero-order valence-electron chi connectivity index (χ0n) is 16.5. The third-order valence-corrected chi connectivity index (χ3v) is 4.84. The van der Waals surface area contributed by atoms with Crippen LogP contribution in [-0.4, -0.2) is 36.7 Å². The second-order valence-corrected chi connectivity index (χ2v) is 7.47. The van der Waals surface area contributed by atoms with Crippen molar-refractivity contribution in [1.29, 1.82) is 0 Å². The summed E-state index contributed by atoms with van der Waals surface area (Å²) in [5.41, 5.74) is 0.828. The molecule has 6 nitrogen and oxygen atoms in total. The molecule has 162 valence electrons. The van der Waals surface area contributed by atoms with Gasteiger partial charge in [-0.25, -0.2) is 9.59 Å². The maximum atomic E-state index is 12.3. The van der Waals surface area contributed by atoms with Crippen molar-refractivity contribution in [2.45, 2.75) is 0 Å². The molecule has 0 heterocycles. The van der Waals surface area contributed by atoms with Gasteiger partial charge in [0.1, 0.15) is 0 Å². The van der Waals surface area contributed by atoms with Gasteiger partial charge in [0.2, 0.25) is 0 Å². The van der Waals surface area contributed by atoms with Gasteiger partial charge in [0.25, 0.3) is 0 Å². The number of benzene rings is 3. The van der Waals surface area contributed by atoms with E-state index in [1.165, 1.54) is 48.5 Å². The first-order valence-electron chi connectivity index (χ1n) is 9.35. The molecule has 0 bridgehead atoms. The first-order chi connectivity index (χ1) is 15.3. The average molecular weight is 471 g/mol. The second kappa shape index (κ2) is 10.7. The normalized spacial score (nSPS) is 10.3. The van der Waals surface area contributed by atoms with Gasteiger partial charge in [0.05, 0.1) is 11.1 Å². The van der Waals surface area contributed by atoms with Gasteiger partial charge in [-0.05, 0) is 66.7 Å². The summed E-state index contributed by atoms with van der Waals surface area (Å²) in [4.78, 5) is 48.8. The number of halogens is 2. The van der Waals surface area contributed by atoms with E-state index < -0.39 is 36.7 Å². The fraction of sp³-hybridized carbons (Fsp3) is 0.0833. The summed E-state index contributed by atoms with van der Waals surface area (Å²) in [5.74, 6) is -2.35. The highest BCUT2D eigenvalue weighted by Gasteiger charge is 2.16. The highest BCUT2D eigenvalue weighted by atomic mass is 35.5. The lowest BCUT2D eigenvalue weighted by atomic mass is 10.1. The van der Waals surface area contributed by atoms with Gasteiger partial charge >= 0.3 is 11.9 Å². The molecule has 0 amide bonds. The third-order valence-electron chi connectivity index (χ3n) is 4.34. The topological polar surface area (TPSA) is 86.7 Å². The SMILES string of the molecule is O=C(COC(=O)c1cccc(C(=O)OCC(=O)c2ccc(Cl)cc2)c1)c1ccc(Cl)cc1. The molecule has 0 aliphatic carbocycles. The zero-order valence-corrected chi connectivity index (χ0v) is 18.1. The van der Waals surface area contributed by atoms with Crippen LogP contribution in [0.3, 0.4) is 0 Å². The smallest absolute Gasteiger partial charge is 0.338 e. The average Bonchev–Trinajstić information content (AvgIpc) is 2.81. The van der Waals surface area contributed by atoms with Crippen LogP contribution in [-0.2, 0) is 9.47 Å². The summed E-state index contributed by atoms with van der Waals surface area (Å²) in [6.07, 6.45) is 0. The maximum absolute atomic E-state index is 12.3. The van der Waals surface area contributed by atoms with Crippen molar-refractivity contribution in [3.05, 3.63) is 105 Å². The van der Waals surface area contributed by atoms with Crippen LogP contribution in [0.15, 0.2) is 72.8 Å². The Kier molecular flexibility index (Phi) is 7.76. The van der Waals surface area contributed by atoms with Crippen molar-refractivity contribution >= 4 is 46.7 Å². The molecule has 0 spiro atoms. The van der Waals surface area contributed by atoms with Crippen molar-refractivity contribution in [1.82, 2.24) is 0 Å². The van der Waals surface area contributed by atoms with Gasteiger partial charge < -0.3 is 9.47 Å². The fourth-order valence-corrected chi connectivity index (χ4v) is 2.89. The van der Waals surface area contributed by atoms with E-state index in [4.69, 9.17) is 32.7 Å². The molecule has 0 fully saturated rings. The molecule has 32 heavy (non-hydrogen) atoms. The Morgan fingerprint density at radius 3 is 1.31 bits per heavy atom. The van der Waals surface area contributed by atoms with E-state index in [-0.39, 0.29) is 11.1 Å². The number of carbonyl (C=O) groups excluding carboxylic acids is 4. The molecule has 0 unspecified atom stereocenters. The Bertz CT molecular complexity index is 1070. The minimum atomic E-state index is -0.779. The molecule has 0 aliphatic heterocycles. The number of hydrogen-bond donors (Lipinski definition) is 0. The zero-order chi connectivity index (χ0) is 23.1. The first-order valence-corrected chi connectivity index (χ1v) is 10.1. The summed E-state index contributed by atoms with van der Waals surface area (Å²) in [6, 6.07) is 18.0. The van der Waals surface area contributed by atoms with E-state index in [1.807, 2.05) is 0 Å². The highest BCUT2D eigenvalue weighted by molar-refractivity contribution is 6.31. The van der Waals surface area contributed by atoms with Crippen LogP contribution in [0.25, 0.3) is 0 Å². The monoisotopic (exact) mass is 470 g/mol. The predicted octanol–water partition coefficient (Wildman–Crippen LogP) is 5.07. The standard InChI is InChI=1S/C24H16Cl2O6/c25-19-8-4-15(5-9-19)21(27)13-31-23(29)17-2-1-3-18(12-17)24(30)32-14-22(28)16-6-10-20(26)11-7-16/h1-12H,13-14H2. The van der Waals surface area contributed by atoms with Crippen LogP contribution in [0, 0.1) is 0 Å². The summed E-state index contributed by atoms with van der Waals surface area (Å²) in [5, 5.41) is 0.967. The molecule has 0 aromatic heterocycles. The number of rotatable bonds is 8. The summed E-state index contributed by atoms with van der Waals surface area (Å²) >= 11 is 11.6. The van der Waals surface area contributed by atoms with Crippen molar-refractivity contribution < 1.29 is 28.7 Å². The molecule has 3 aromatic rings. The quantitative estimate of drug-likeness (QED) is 0.337. The lowest BCUT2D eigenvalue weighted by molar-refractivity contribution is 0.0468. The summed E-state index contributed by atoms with van der Waals surface area (Å²) in [6.45, 7) is -0.935. The third kappa shape index (κ3) is 6.26. The Balaban J connectivity index is 1.56. The fourth-order valence-electron chi connectivity index (χ4n) is 2.64. The van der Waals surface area contributed by atoms with Crippen LogP contribution in [0.2, 0.25) is 10.0 Å². The Labute approximate surface area is 193 Å². The van der Waals surface area contributed by atoms with Crippen LogP contribution < -0.4 is 0 Å². The van der Waals surface area contributed by atoms with E-state index in [0.29, 0.717) is 21.2 Å². The molecule has 0 atom stereocenters. The number of Topliss-reactive ketones (excluding diaryl/α,β-unsaturated/α-hetero) is 2. The number of hydrogen-bond acceptors (Lipinski definition) is 6. The van der Waals surface area contributed by atoms with Crippen molar-refractivity contribution in [2.75, 3.05) is 13.2 Å². The van der Waals surface area contributed by atoms with Gasteiger partial charge in [0, 0.05) is 21.2 Å². The molecule has 0 saturated carbocycles. The Hall–Kier alpha value is -3.48. The number of carbonyl (C=O) groups is 4. The highest BCUT2D eigenvalue weighted by Crippen LogP contribution is 2.13. The number of ether oxygens (including phenoxy) is 2. The maximum Gasteiger partial charge on any atom is 0.338 e. The van der Waals surface area contributed by atoms with E-state index in [9.17, 15) is 19.2 Å². The van der Waals surface area contributed by atoms with Gasteiger partial charge in [-0.1, -0.05) is 29.3 Å². The molecule has 0 saturated heterocycles. The van der Waals surface area contributed by atoms with Crippen molar-refractivity contribution in [3.8, 4) is 0 Å². The van der Waals surface area contributed by atoms with Crippen LogP contribution >= 0.6 is 23.2 Å². The van der Waals surface area contributed by atoms with Gasteiger partial charge in [-0.15, -0.1) is 0 Å². The Morgan fingerprint density at radius 1 is 0.562 bits per heavy atom. The molecule has 0 N–H and O–H groups in total. The van der Waals surface area contributed by atoms with Crippen molar-refractivity contribution in [3.63, 3.8) is 0 Å². The molecular weight excluding hydrogens is 455 g/mol. The van der Waals surface area contributed by atoms with E-state index in [0.717, 1.165) is 0 Å². The molecular formula is C24H16Cl2O6. The minimum absolute atomic E-state index is 0.0624. The van der Waals surface area contributed by atoms with Crippen LogP contribution in [0.1, 0.15) is 41.4 Å². The first kappa shape index (κ1) is 23.2. The molecule has 8 heteroatoms. The lowest BCUT2D eigenvalue weighted by Gasteiger charge is -2.07. The summed E-state index contributed by atoms with van der Waals surface area (Å²) in [7, 11) is 0. The van der Waals surface area contributed by atoms with Gasteiger partial charge in [-0.3, -0.25) is 9.59 Å². The predicted molar refractivity (Wildman–Crippen MR) is 119 cm³/mol. The summed E-state index contributed by atoms with van der Waals surface area (Å²) < 4.78 is 10.1. The van der Waals surface area contributed by atoms with Gasteiger partial charge in [-0.2, -0.15) is 0 Å². The van der Waals surface area contributed by atoms with E-state index in [2.05, 4.69) is 0 Å².